The monoisotopic (exact) mass is 511 g/mol. The van der Waals surface area contributed by atoms with Crippen LogP contribution >= 0.6 is 0 Å². The number of hydrazone groups is 1. The summed E-state index contributed by atoms with van der Waals surface area (Å²) in [5.74, 6) is -16.0. The Labute approximate surface area is 193 Å². The molecule has 2 N–H and O–H groups in total. The fourth-order valence-electron chi connectivity index (χ4n) is 3.47. The van der Waals surface area contributed by atoms with E-state index in [0.29, 0.717) is 32.4 Å². The van der Waals surface area contributed by atoms with Gasteiger partial charge in [0.05, 0.1) is 12.0 Å². The number of alkyl halides is 7. The zero-order chi connectivity index (χ0) is 26.0. The number of furan rings is 1. The fraction of sp³-hybridized carbons (Fsp3) is 0.500. The molecule has 1 aliphatic carbocycles. The number of hydrogen-bond donors (Lipinski definition) is 2. The van der Waals surface area contributed by atoms with Gasteiger partial charge in [-0.15, -0.1) is 0 Å². The van der Waals surface area contributed by atoms with Gasteiger partial charge in [0.25, 0.3) is 5.91 Å². The minimum atomic E-state index is -6.65. The van der Waals surface area contributed by atoms with Crippen molar-refractivity contribution in [3.05, 3.63) is 41.4 Å². The first-order valence-corrected chi connectivity index (χ1v) is 10.3. The SMILES string of the molecule is Cc1c(C(=O)NCCCn2ccnc2)oc2c1/C(=N/NC(=O)C(F)(F)C(F)(F)C(F)(F)F)CCC2. The molecule has 0 aromatic carbocycles. The van der Waals surface area contributed by atoms with Gasteiger partial charge in [-0.3, -0.25) is 9.59 Å². The predicted molar refractivity (Wildman–Crippen MR) is 106 cm³/mol. The number of amides is 2. The van der Waals surface area contributed by atoms with Gasteiger partial charge in [0.2, 0.25) is 0 Å². The molecule has 0 unspecified atom stereocenters. The van der Waals surface area contributed by atoms with Gasteiger partial charge >= 0.3 is 23.9 Å². The molecular weight excluding hydrogens is 491 g/mol. The second-order valence-corrected chi connectivity index (χ2v) is 7.76. The minimum Gasteiger partial charge on any atom is -0.455 e. The summed E-state index contributed by atoms with van der Waals surface area (Å²) in [5, 5.41) is 6.02. The van der Waals surface area contributed by atoms with E-state index in [1.807, 2.05) is 4.57 Å². The van der Waals surface area contributed by atoms with Gasteiger partial charge in [-0.2, -0.15) is 35.8 Å². The van der Waals surface area contributed by atoms with Crippen molar-refractivity contribution in [2.24, 2.45) is 5.10 Å². The molecule has 0 saturated heterocycles. The first-order chi connectivity index (χ1) is 16.3. The number of halogens is 7. The number of nitrogens with one attached hydrogen (secondary N) is 2. The summed E-state index contributed by atoms with van der Waals surface area (Å²) in [6, 6.07) is 0. The molecule has 8 nitrogen and oxygen atoms in total. The van der Waals surface area contributed by atoms with Crippen LogP contribution in [0.5, 0.6) is 0 Å². The molecule has 0 fully saturated rings. The Bertz CT molecular complexity index is 1110. The van der Waals surface area contributed by atoms with Crippen LogP contribution in [0, 0.1) is 6.92 Å². The third-order valence-corrected chi connectivity index (χ3v) is 5.30. The summed E-state index contributed by atoms with van der Waals surface area (Å²) < 4.78 is 97.5. The number of imidazole rings is 1. The maximum absolute atomic E-state index is 13.5. The topological polar surface area (TPSA) is 102 Å². The molecule has 0 spiro atoms. The van der Waals surface area contributed by atoms with Crippen LogP contribution in [0.1, 0.15) is 46.7 Å². The van der Waals surface area contributed by atoms with Gasteiger partial charge in [0.1, 0.15) is 5.76 Å². The molecule has 3 rings (SSSR count). The van der Waals surface area contributed by atoms with Crippen molar-refractivity contribution < 1.29 is 44.7 Å². The first-order valence-electron chi connectivity index (χ1n) is 10.3. The Balaban J connectivity index is 1.71. The lowest BCUT2D eigenvalue weighted by atomic mass is 9.93. The number of carbonyl (C=O) groups is 2. The number of nitrogens with zero attached hydrogens (tertiary/aromatic N) is 3. The summed E-state index contributed by atoms with van der Waals surface area (Å²) in [6.07, 6.45) is -0.341. The molecular formula is C20H20F7N5O3. The van der Waals surface area contributed by atoms with E-state index in [4.69, 9.17) is 4.42 Å². The lowest BCUT2D eigenvalue weighted by Crippen LogP contribution is -2.58. The lowest BCUT2D eigenvalue weighted by molar-refractivity contribution is -0.344. The van der Waals surface area contributed by atoms with Crippen LogP contribution in [-0.2, 0) is 17.8 Å². The third kappa shape index (κ3) is 5.17. The Morgan fingerprint density at radius 2 is 1.89 bits per heavy atom. The van der Waals surface area contributed by atoms with Crippen LogP contribution in [0.2, 0.25) is 0 Å². The quantitative estimate of drug-likeness (QED) is 0.321. The van der Waals surface area contributed by atoms with Gasteiger partial charge < -0.3 is 14.3 Å². The van der Waals surface area contributed by atoms with Crippen molar-refractivity contribution >= 4 is 17.5 Å². The van der Waals surface area contributed by atoms with Crippen molar-refractivity contribution in [3.8, 4) is 0 Å². The molecule has 15 heteroatoms. The summed E-state index contributed by atoms with van der Waals surface area (Å²) in [6.45, 7) is 2.36. The van der Waals surface area contributed by atoms with Gasteiger partial charge in [-0.1, -0.05) is 0 Å². The van der Waals surface area contributed by atoms with Crippen LogP contribution in [-0.4, -0.2) is 51.6 Å². The van der Waals surface area contributed by atoms with Crippen LogP contribution in [0.25, 0.3) is 0 Å². The van der Waals surface area contributed by atoms with E-state index >= 15 is 0 Å². The van der Waals surface area contributed by atoms with Crippen LogP contribution in [0.3, 0.4) is 0 Å². The fourth-order valence-corrected chi connectivity index (χ4v) is 3.47. The highest BCUT2D eigenvalue weighted by molar-refractivity contribution is 6.06. The van der Waals surface area contributed by atoms with Crippen LogP contribution in [0.4, 0.5) is 30.7 Å². The van der Waals surface area contributed by atoms with Crippen molar-refractivity contribution in [3.63, 3.8) is 0 Å². The zero-order valence-electron chi connectivity index (χ0n) is 18.2. The second kappa shape index (κ2) is 9.70. The molecule has 1 aliphatic rings. The normalized spacial score (nSPS) is 15.7. The van der Waals surface area contributed by atoms with Gasteiger partial charge in [0.15, 0.2) is 5.76 Å². The molecule has 35 heavy (non-hydrogen) atoms. The number of rotatable bonds is 8. The molecule has 2 aromatic rings. The maximum Gasteiger partial charge on any atom is 0.460 e. The highest BCUT2D eigenvalue weighted by atomic mass is 19.4. The Morgan fingerprint density at radius 1 is 1.17 bits per heavy atom. The number of aromatic nitrogens is 2. The molecule has 0 radical (unpaired) electrons. The number of hydrogen-bond acceptors (Lipinski definition) is 5. The van der Waals surface area contributed by atoms with E-state index in [-0.39, 0.29) is 34.8 Å². The van der Waals surface area contributed by atoms with E-state index in [9.17, 15) is 40.3 Å². The second-order valence-electron chi connectivity index (χ2n) is 7.76. The molecule has 0 atom stereocenters. The maximum atomic E-state index is 13.5. The average molecular weight is 511 g/mol. The van der Waals surface area contributed by atoms with Gasteiger partial charge in [-0.05, 0) is 26.2 Å². The minimum absolute atomic E-state index is 0.0703. The van der Waals surface area contributed by atoms with Crippen molar-refractivity contribution in [2.75, 3.05) is 6.54 Å². The van der Waals surface area contributed by atoms with E-state index in [2.05, 4.69) is 15.4 Å². The van der Waals surface area contributed by atoms with Crippen molar-refractivity contribution in [1.29, 1.82) is 0 Å². The lowest BCUT2D eigenvalue weighted by Gasteiger charge is -2.26. The third-order valence-electron chi connectivity index (χ3n) is 5.30. The van der Waals surface area contributed by atoms with Gasteiger partial charge in [0, 0.05) is 43.0 Å². The van der Waals surface area contributed by atoms with Crippen LogP contribution < -0.4 is 10.7 Å². The summed E-state index contributed by atoms with van der Waals surface area (Å²) in [4.78, 5) is 27.9. The summed E-state index contributed by atoms with van der Waals surface area (Å²) in [5.41, 5.74) is 1.47. The summed E-state index contributed by atoms with van der Waals surface area (Å²) >= 11 is 0. The molecule has 0 saturated carbocycles. The molecule has 192 valence electrons. The van der Waals surface area contributed by atoms with E-state index in [0.717, 1.165) is 5.43 Å². The zero-order valence-corrected chi connectivity index (χ0v) is 18.2. The van der Waals surface area contributed by atoms with Crippen LogP contribution in [0.15, 0.2) is 28.2 Å². The Morgan fingerprint density at radius 3 is 2.51 bits per heavy atom. The van der Waals surface area contributed by atoms with E-state index in [1.54, 1.807) is 18.7 Å². The molecule has 2 amide bonds. The highest BCUT2D eigenvalue weighted by Gasteiger charge is 2.76. The number of fused-ring (bicyclic) bond motifs is 1. The predicted octanol–water partition coefficient (Wildman–Crippen LogP) is 3.59. The summed E-state index contributed by atoms with van der Waals surface area (Å²) in [7, 11) is 0. The molecule has 2 aromatic heterocycles. The number of aryl methyl sites for hydroxylation is 2. The molecule has 0 bridgehead atoms. The standard InChI is InChI=1S/C20H20F7N5O3/c1-11-14-12(30-31-17(34)18(21,22)19(23,24)20(25,26)27)4-2-5-13(14)35-15(11)16(33)29-6-3-8-32-9-7-28-10-32/h7,9-10H,2-6,8H2,1H3,(H,29,33)(H,31,34)/b30-12+. The van der Waals surface area contributed by atoms with Crippen molar-refractivity contribution in [1.82, 2.24) is 20.3 Å². The van der Waals surface area contributed by atoms with Gasteiger partial charge in [-0.25, -0.2) is 10.4 Å². The highest BCUT2D eigenvalue weighted by Crippen LogP contribution is 2.46. The Kier molecular flexibility index (Phi) is 7.26. The first kappa shape index (κ1) is 26.2. The van der Waals surface area contributed by atoms with E-state index in [1.165, 1.54) is 6.92 Å². The largest absolute Gasteiger partial charge is 0.460 e. The van der Waals surface area contributed by atoms with Crippen molar-refractivity contribution in [2.45, 2.75) is 57.2 Å². The average Bonchev–Trinajstić information content (AvgIpc) is 3.42. The Hall–Kier alpha value is -3.39. The van der Waals surface area contributed by atoms with E-state index < -0.39 is 29.8 Å². The molecule has 2 heterocycles. The number of carbonyl (C=O) groups excluding carboxylic acids is 2. The smallest absolute Gasteiger partial charge is 0.455 e. The molecule has 0 aliphatic heterocycles.